The van der Waals surface area contributed by atoms with E-state index in [0.717, 1.165) is 5.56 Å². The van der Waals surface area contributed by atoms with Crippen LogP contribution in [0.3, 0.4) is 0 Å². The minimum Gasteiger partial charge on any atom is -0.353 e. The van der Waals surface area contributed by atoms with Crippen molar-refractivity contribution in [1.82, 2.24) is 14.9 Å². The number of ketones is 1. The highest BCUT2D eigenvalue weighted by atomic mass is 16.6. The van der Waals surface area contributed by atoms with Crippen LogP contribution in [0.1, 0.15) is 16.1 Å². The first-order valence-electron chi connectivity index (χ1n) is 5.99. The van der Waals surface area contributed by atoms with Gasteiger partial charge in [-0.25, -0.2) is 0 Å². The average molecular weight is 274 g/mol. The van der Waals surface area contributed by atoms with Gasteiger partial charge in [-0.2, -0.15) is 0 Å². The highest BCUT2D eigenvalue weighted by Gasteiger charge is 2.15. The zero-order valence-corrected chi connectivity index (χ0v) is 10.9. The molecule has 2 aromatic heterocycles. The van der Waals surface area contributed by atoms with Gasteiger partial charge in [0.05, 0.1) is 23.4 Å². The quantitative estimate of drug-likeness (QED) is 0.491. The van der Waals surface area contributed by atoms with Gasteiger partial charge in [0, 0.05) is 25.0 Å². The van der Waals surface area contributed by atoms with Crippen LogP contribution in [-0.2, 0) is 6.54 Å². The Morgan fingerprint density at radius 1 is 1.55 bits per heavy atom. The summed E-state index contributed by atoms with van der Waals surface area (Å²) in [6, 6.07) is 5.01. The summed E-state index contributed by atoms with van der Waals surface area (Å²) >= 11 is 0. The third-order valence-electron chi connectivity index (χ3n) is 2.77. The fraction of sp³-hybridized carbons (Fsp3) is 0.231. The number of rotatable bonds is 6. The highest BCUT2D eigenvalue weighted by molar-refractivity contribution is 5.96. The third kappa shape index (κ3) is 3.48. The number of carbonyl (C=O) groups excluding carboxylic acids is 1. The van der Waals surface area contributed by atoms with E-state index in [9.17, 15) is 14.9 Å². The van der Waals surface area contributed by atoms with Gasteiger partial charge in [0.15, 0.2) is 5.78 Å². The SMILES string of the molecule is CN(CC(=O)c1cc([N+](=O)[O-])c[nH]1)Cc1cccnc1. The lowest BCUT2D eigenvalue weighted by atomic mass is 10.2. The van der Waals surface area contributed by atoms with Crippen LogP contribution in [0.5, 0.6) is 0 Å². The minimum atomic E-state index is -0.535. The Hall–Kier alpha value is -2.54. The number of carbonyl (C=O) groups is 1. The Bertz CT molecular complexity index is 609. The molecule has 2 aromatic rings. The van der Waals surface area contributed by atoms with Crippen LogP contribution >= 0.6 is 0 Å². The molecule has 0 aromatic carbocycles. The van der Waals surface area contributed by atoms with E-state index >= 15 is 0 Å². The number of nitro groups is 1. The monoisotopic (exact) mass is 274 g/mol. The molecular weight excluding hydrogens is 260 g/mol. The summed E-state index contributed by atoms with van der Waals surface area (Å²) in [5.74, 6) is -0.190. The van der Waals surface area contributed by atoms with Gasteiger partial charge in [-0.15, -0.1) is 0 Å². The number of H-pyrrole nitrogens is 1. The molecule has 0 spiro atoms. The van der Waals surface area contributed by atoms with Gasteiger partial charge < -0.3 is 4.98 Å². The van der Waals surface area contributed by atoms with Gasteiger partial charge in [0.1, 0.15) is 0 Å². The van der Waals surface area contributed by atoms with Gasteiger partial charge in [-0.05, 0) is 18.7 Å². The standard InChI is InChI=1S/C13H14N4O3/c1-16(8-10-3-2-4-14-6-10)9-13(18)12-5-11(7-15-12)17(19)20/h2-7,15H,8-9H2,1H3. The Morgan fingerprint density at radius 2 is 2.35 bits per heavy atom. The minimum absolute atomic E-state index is 0.108. The number of aromatic nitrogens is 2. The van der Waals surface area contributed by atoms with E-state index in [1.54, 1.807) is 12.4 Å². The van der Waals surface area contributed by atoms with Crippen molar-refractivity contribution in [3.05, 3.63) is 58.2 Å². The van der Waals surface area contributed by atoms with Crippen molar-refractivity contribution >= 4 is 11.5 Å². The zero-order chi connectivity index (χ0) is 14.5. The first-order chi connectivity index (χ1) is 9.56. The maximum Gasteiger partial charge on any atom is 0.287 e. The number of hydrogen-bond donors (Lipinski definition) is 1. The molecule has 0 bridgehead atoms. The summed E-state index contributed by atoms with van der Waals surface area (Å²) in [4.78, 5) is 30.4. The Morgan fingerprint density at radius 3 is 2.95 bits per heavy atom. The van der Waals surface area contributed by atoms with Crippen molar-refractivity contribution < 1.29 is 9.72 Å². The van der Waals surface area contributed by atoms with Crippen molar-refractivity contribution in [2.24, 2.45) is 0 Å². The number of hydrogen-bond acceptors (Lipinski definition) is 5. The summed E-state index contributed by atoms with van der Waals surface area (Å²) in [6.45, 7) is 0.759. The molecule has 0 fully saturated rings. The van der Waals surface area contributed by atoms with Crippen molar-refractivity contribution in [3.8, 4) is 0 Å². The molecule has 0 amide bonds. The fourth-order valence-corrected chi connectivity index (χ4v) is 1.84. The van der Waals surface area contributed by atoms with Gasteiger partial charge in [0.25, 0.3) is 5.69 Å². The molecule has 0 aliphatic rings. The molecule has 0 aliphatic carbocycles. The number of nitrogens with one attached hydrogen (secondary N) is 1. The van der Waals surface area contributed by atoms with Crippen molar-refractivity contribution in [2.45, 2.75) is 6.54 Å². The molecule has 104 valence electrons. The molecular formula is C13H14N4O3. The number of nitrogens with zero attached hydrogens (tertiary/aromatic N) is 3. The van der Waals surface area contributed by atoms with E-state index in [0.29, 0.717) is 6.54 Å². The maximum atomic E-state index is 12.0. The lowest BCUT2D eigenvalue weighted by Gasteiger charge is -2.14. The number of pyridine rings is 1. The van der Waals surface area contributed by atoms with Crippen LogP contribution in [0.2, 0.25) is 0 Å². The van der Waals surface area contributed by atoms with E-state index < -0.39 is 4.92 Å². The Labute approximate surface area is 115 Å². The molecule has 2 heterocycles. The van der Waals surface area contributed by atoms with Gasteiger partial charge >= 0.3 is 0 Å². The van der Waals surface area contributed by atoms with Gasteiger partial charge in [0.2, 0.25) is 0 Å². The Kier molecular flexibility index (Phi) is 4.21. The van der Waals surface area contributed by atoms with Crippen molar-refractivity contribution in [2.75, 3.05) is 13.6 Å². The van der Waals surface area contributed by atoms with Crippen molar-refractivity contribution in [3.63, 3.8) is 0 Å². The maximum absolute atomic E-state index is 12.0. The van der Waals surface area contributed by atoms with Crippen LogP contribution in [-0.4, -0.2) is 39.2 Å². The summed E-state index contributed by atoms with van der Waals surface area (Å²) in [7, 11) is 1.81. The van der Waals surface area contributed by atoms with E-state index in [1.807, 2.05) is 24.1 Å². The lowest BCUT2D eigenvalue weighted by Crippen LogP contribution is -2.25. The predicted molar refractivity (Wildman–Crippen MR) is 72.3 cm³/mol. The topological polar surface area (TPSA) is 92.1 Å². The Balaban J connectivity index is 1.95. The molecule has 0 radical (unpaired) electrons. The van der Waals surface area contributed by atoms with E-state index in [2.05, 4.69) is 9.97 Å². The molecule has 0 aliphatic heterocycles. The van der Waals surface area contributed by atoms with Gasteiger partial charge in [-0.1, -0.05) is 6.07 Å². The number of likely N-dealkylation sites (N-methyl/N-ethyl adjacent to an activating group) is 1. The smallest absolute Gasteiger partial charge is 0.287 e. The lowest BCUT2D eigenvalue weighted by molar-refractivity contribution is -0.384. The second-order valence-electron chi connectivity index (χ2n) is 4.49. The second-order valence-corrected chi connectivity index (χ2v) is 4.49. The fourth-order valence-electron chi connectivity index (χ4n) is 1.84. The highest BCUT2D eigenvalue weighted by Crippen LogP contribution is 2.13. The molecule has 0 atom stereocenters. The van der Waals surface area contributed by atoms with Crippen molar-refractivity contribution in [1.29, 1.82) is 0 Å². The predicted octanol–water partition coefficient (Wildman–Crippen LogP) is 1.63. The summed E-state index contributed by atoms with van der Waals surface area (Å²) in [5, 5.41) is 10.6. The van der Waals surface area contributed by atoms with E-state index in [1.165, 1.54) is 12.3 Å². The molecule has 7 heteroatoms. The molecule has 7 nitrogen and oxygen atoms in total. The van der Waals surface area contributed by atoms with Crippen LogP contribution < -0.4 is 0 Å². The largest absolute Gasteiger partial charge is 0.353 e. The van der Waals surface area contributed by atoms with Gasteiger partial charge in [-0.3, -0.25) is 24.8 Å². The molecule has 20 heavy (non-hydrogen) atoms. The van der Waals surface area contributed by atoms with E-state index in [-0.39, 0.29) is 23.7 Å². The number of aromatic amines is 1. The van der Waals surface area contributed by atoms with E-state index in [4.69, 9.17) is 0 Å². The van der Waals surface area contributed by atoms with Crippen LogP contribution in [0.4, 0.5) is 5.69 Å². The van der Waals surface area contributed by atoms with Crippen LogP contribution in [0.25, 0.3) is 0 Å². The molecule has 0 saturated heterocycles. The third-order valence-corrected chi connectivity index (χ3v) is 2.77. The summed E-state index contributed by atoms with van der Waals surface area (Å²) in [6.07, 6.45) is 4.64. The summed E-state index contributed by atoms with van der Waals surface area (Å²) < 4.78 is 0. The first kappa shape index (κ1) is 13.9. The van der Waals surface area contributed by atoms with Crippen LogP contribution in [0, 0.1) is 10.1 Å². The number of Topliss-reactive ketones (excluding diaryl/α,β-unsaturated/α-hetero) is 1. The zero-order valence-electron chi connectivity index (χ0n) is 10.9. The summed E-state index contributed by atoms with van der Waals surface area (Å²) in [5.41, 5.74) is 1.14. The molecule has 1 N–H and O–H groups in total. The molecule has 0 saturated carbocycles. The normalized spacial score (nSPS) is 10.7. The second kappa shape index (κ2) is 6.07. The average Bonchev–Trinajstić information content (AvgIpc) is 2.89. The molecule has 2 rings (SSSR count). The van der Waals surface area contributed by atoms with Crippen LogP contribution in [0.15, 0.2) is 36.8 Å². The first-order valence-corrected chi connectivity index (χ1v) is 5.99. The molecule has 0 unspecified atom stereocenters.